The quantitative estimate of drug-likeness (QED) is 0.254. The molecule has 0 unspecified atom stereocenters. The van der Waals surface area contributed by atoms with Gasteiger partial charge in [0, 0.05) is 17.8 Å². The number of unbranched alkanes of at least 4 members (excludes halogenated alkanes) is 1. The van der Waals surface area contributed by atoms with E-state index >= 15 is 0 Å². The van der Waals surface area contributed by atoms with E-state index in [1.54, 1.807) is 0 Å². The van der Waals surface area contributed by atoms with E-state index in [0.717, 1.165) is 44.5 Å². The minimum atomic E-state index is -0.725. The van der Waals surface area contributed by atoms with Crippen LogP contribution in [0.15, 0.2) is 72.8 Å². The number of benzene rings is 2. The van der Waals surface area contributed by atoms with Gasteiger partial charge in [-0.2, -0.15) is 0 Å². The number of ether oxygens (including phenoxy) is 3. The minimum absolute atomic E-state index is 0.181. The van der Waals surface area contributed by atoms with E-state index in [4.69, 9.17) is 19.3 Å². The molecule has 1 saturated carbocycles. The third-order valence-corrected chi connectivity index (χ3v) is 7.60. The summed E-state index contributed by atoms with van der Waals surface area (Å²) in [5.74, 6) is 1.03. The van der Waals surface area contributed by atoms with Crippen LogP contribution in [0.4, 0.5) is 0 Å². The summed E-state index contributed by atoms with van der Waals surface area (Å²) < 4.78 is 18.2. The molecule has 0 aromatic heterocycles. The molecular formula is C30H38O5. The van der Waals surface area contributed by atoms with Crippen LogP contribution >= 0.6 is 0 Å². The molecule has 5 nitrogen and oxygen atoms in total. The molecule has 188 valence electrons. The lowest BCUT2D eigenvalue weighted by Gasteiger charge is -2.39. The van der Waals surface area contributed by atoms with E-state index < -0.39 is 5.97 Å². The van der Waals surface area contributed by atoms with E-state index in [1.165, 1.54) is 5.56 Å². The van der Waals surface area contributed by atoms with Crippen molar-refractivity contribution < 1.29 is 24.1 Å². The number of fused-ring (bicyclic) bond motifs is 2. The maximum atomic E-state index is 10.8. The number of aryl methyl sites for hydroxylation is 1. The van der Waals surface area contributed by atoms with E-state index in [9.17, 15) is 4.79 Å². The minimum Gasteiger partial charge on any atom is -0.491 e. The summed E-state index contributed by atoms with van der Waals surface area (Å²) in [4.78, 5) is 10.8. The normalized spacial score (nSPS) is 25.3. The van der Waals surface area contributed by atoms with Gasteiger partial charge in [-0.05, 0) is 62.1 Å². The van der Waals surface area contributed by atoms with Crippen LogP contribution in [0.2, 0.25) is 0 Å². The first-order valence-corrected chi connectivity index (χ1v) is 12.9. The van der Waals surface area contributed by atoms with Crippen LogP contribution in [0.3, 0.4) is 0 Å². The van der Waals surface area contributed by atoms with Gasteiger partial charge in [-0.3, -0.25) is 4.79 Å². The average Bonchev–Trinajstić information content (AvgIpc) is 3.43. The van der Waals surface area contributed by atoms with Gasteiger partial charge in [-0.1, -0.05) is 60.7 Å². The van der Waals surface area contributed by atoms with Crippen LogP contribution in [0.5, 0.6) is 5.75 Å². The Morgan fingerprint density at radius 1 is 1.06 bits per heavy atom. The van der Waals surface area contributed by atoms with Gasteiger partial charge in [0.2, 0.25) is 0 Å². The van der Waals surface area contributed by atoms with Crippen molar-refractivity contribution in [2.45, 2.75) is 51.0 Å². The first kappa shape index (κ1) is 25.5. The Hall–Kier alpha value is -2.63. The van der Waals surface area contributed by atoms with Crippen molar-refractivity contribution in [3.63, 3.8) is 0 Å². The fourth-order valence-corrected chi connectivity index (χ4v) is 5.77. The zero-order valence-corrected chi connectivity index (χ0v) is 20.5. The summed E-state index contributed by atoms with van der Waals surface area (Å²) in [5.41, 5.74) is 1.56. The average molecular weight is 479 g/mol. The van der Waals surface area contributed by atoms with Crippen LogP contribution in [-0.4, -0.2) is 43.6 Å². The summed E-state index contributed by atoms with van der Waals surface area (Å²) in [7, 11) is 0. The number of aliphatic carboxylic acids is 1. The second-order valence-corrected chi connectivity index (χ2v) is 9.90. The van der Waals surface area contributed by atoms with Gasteiger partial charge in [0.15, 0.2) is 0 Å². The van der Waals surface area contributed by atoms with Gasteiger partial charge >= 0.3 is 5.97 Å². The van der Waals surface area contributed by atoms with Crippen molar-refractivity contribution in [3.05, 3.63) is 78.4 Å². The van der Waals surface area contributed by atoms with E-state index in [-0.39, 0.29) is 17.9 Å². The molecule has 2 fully saturated rings. The Labute approximate surface area is 209 Å². The summed E-state index contributed by atoms with van der Waals surface area (Å²) >= 11 is 0. The van der Waals surface area contributed by atoms with Gasteiger partial charge in [0.05, 0.1) is 25.9 Å². The highest BCUT2D eigenvalue weighted by molar-refractivity contribution is 5.66. The molecule has 2 bridgehead atoms. The van der Waals surface area contributed by atoms with Gasteiger partial charge in [0.1, 0.15) is 12.4 Å². The summed E-state index contributed by atoms with van der Waals surface area (Å²) in [6, 6.07) is 20.5. The third kappa shape index (κ3) is 7.18. The molecule has 1 saturated heterocycles. The lowest BCUT2D eigenvalue weighted by Crippen LogP contribution is -2.39. The predicted molar refractivity (Wildman–Crippen MR) is 137 cm³/mol. The highest BCUT2D eigenvalue weighted by atomic mass is 16.5. The SMILES string of the molecule is O=C(O)CCC/C=C\C[C@@H]1[C@@H](COCCOc2ccccc2)[C@H]2C[C@]1(CCc1ccccc1)CO2. The molecule has 1 heterocycles. The van der Waals surface area contributed by atoms with Crippen molar-refractivity contribution in [2.75, 3.05) is 26.4 Å². The molecule has 0 radical (unpaired) electrons. The van der Waals surface area contributed by atoms with Crippen molar-refractivity contribution in [1.29, 1.82) is 0 Å². The Morgan fingerprint density at radius 3 is 2.60 bits per heavy atom. The number of para-hydroxylation sites is 1. The zero-order chi connectivity index (χ0) is 24.3. The lowest BCUT2D eigenvalue weighted by atomic mass is 9.70. The fraction of sp³-hybridized carbons (Fsp3) is 0.500. The number of hydrogen-bond donors (Lipinski definition) is 1. The van der Waals surface area contributed by atoms with Gasteiger partial charge < -0.3 is 19.3 Å². The second kappa shape index (κ2) is 12.9. The number of allylic oxidation sites excluding steroid dienone is 2. The van der Waals surface area contributed by atoms with Crippen LogP contribution in [0.1, 0.15) is 44.1 Å². The van der Waals surface area contributed by atoms with Crippen LogP contribution in [-0.2, 0) is 20.7 Å². The topological polar surface area (TPSA) is 65.0 Å². The molecule has 4 atom stereocenters. The molecule has 5 heteroatoms. The summed E-state index contributed by atoms with van der Waals surface area (Å²) in [6.07, 6.45) is 10.7. The van der Waals surface area contributed by atoms with E-state index in [0.29, 0.717) is 38.1 Å². The maximum absolute atomic E-state index is 10.8. The monoisotopic (exact) mass is 478 g/mol. The molecule has 1 aliphatic carbocycles. The first-order valence-electron chi connectivity index (χ1n) is 12.9. The Morgan fingerprint density at radius 2 is 1.83 bits per heavy atom. The highest BCUT2D eigenvalue weighted by Gasteiger charge is 2.57. The smallest absolute Gasteiger partial charge is 0.303 e. The number of carboxylic acid groups (broad SMARTS) is 1. The van der Waals surface area contributed by atoms with Gasteiger partial charge in [-0.15, -0.1) is 0 Å². The largest absolute Gasteiger partial charge is 0.491 e. The Kier molecular flexibility index (Phi) is 9.38. The molecular weight excluding hydrogens is 440 g/mol. The number of rotatable bonds is 15. The van der Waals surface area contributed by atoms with Gasteiger partial charge in [-0.25, -0.2) is 0 Å². The predicted octanol–water partition coefficient (Wildman–Crippen LogP) is 5.94. The molecule has 4 rings (SSSR count). The molecule has 1 N–H and O–H groups in total. The van der Waals surface area contributed by atoms with Crippen molar-refractivity contribution in [1.82, 2.24) is 0 Å². The highest BCUT2D eigenvalue weighted by Crippen LogP contribution is 2.57. The fourth-order valence-electron chi connectivity index (χ4n) is 5.77. The Bertz CT molecular complexity index is 928. The van der Waals surface area contributed by atoms with Crippen LogP contribution in [0.25, 0.3) is 0 Å². The lowest BCUT2D eigenvalue weighted by molar-refractivity contribution is -0.137. The number of carboxylic acids is 1. The molecule has 2 aromatic rings. The van der Waals surface area contributed by atoms with E-state index in [1.807, 2.05) is 30.3 Å². The van der Waals surface area contributed by atoms with Crippen molar-refractivity contribution in [3.8, 4) is 5.75 Å². The zero-order valence-electron chi connectivity index (χ0n) is 20.5. The maximum Gasteiger partial charge on any atom is 0.303 e. The van der Waals surface area contributed by atoms with Crippen LogP contribution in [0, 0.1) is 17.3 Å². The standard InChI is InChI=1S/C30H38O5/c31-29(32)16-10-2-1-9-15-27-26(22-33-19-20-34-25-13-7-4-8-14-25)28-21-30(27,23-35-28)18-17-24-11-5-3-6-12-24/h1,3-9,11-14,26-28H,2,10,15-23H2,(H,31,32)/b9-1-/t26-,27-,28-,30-/m1/s1. The molecule has 2 aromatic carbocycles. The van der Waals surface area contributed by atoms with Crippen molar-refractivity contribution in [2.24, 2.45) is 17.3 Å². The van der Waals surface area contributed by atoms with Crippen molar-refractivity contribution >= 4 is 5.97 Å². The second-order valence-electron chi connectivity index (χ2n) is 9.90. The Balaban J connectivity index is 1.32. The third-order valence-electron chi connectivity index (χ3n) is 7.60. The van der Waals surface area contributed by atoms with Crippen LogP contribution < -0.4 is 4.74 Å². The first-order chi connectivity index (χ1) is 17.2. The molecule has 0 spiro atoms. The molecule has 0 amide bonds. The number of hydrogen-bond acceptors (Lipinski definition) is 4. The number of carbonyl (C=O) groups is 1. The summed E-state index contributed by atoms with van der Waals surface area (Å²) in [5, 5.41) is 8.86. The molecule has 2 aliphatic rings. The molecule has 1 aliphatic heterocycles. The van der Waals surface area contributed by atoms with Gasteiger partial charge in [0.25, 0.3) is 0 Å². The molecule has 35 heavy (non-hydrogen) atoms. The summed E-state index contributed by atoms with van der Waals surface area (Å²) in [6.45, 7) is 2.62. The van der Waals surface area contributed by atoms with E-state index in [2.05, 4.69) is 42.5 Å².